The van der Waals surface area contributed by atoms with Gasteiger partial charge in [0.15, 0.2) is 5.96 Å². The molecular formula is C16H26BrN3O2S. The van der Waals surface area contributed by atoms with Gasteiger partial charge in [0, 0.05) is 54.7 Å². The Morgan fingerprint density at radius 2 is 2.26 bits per heavy atom. The molecule has 0 bridgehead atoms. The predicted molar refractivity (Wildman–Crippen MR) is 99.2 cm³/mol. The van der Waals surface area contributed by atoms with Crippen molar-refractivity contribution in [3.05, 3.63) is 20.8 Å². The third kappa shape index (κ3) is 7.65. The SMILES string of the molecule is CN=C(NCCCOCC1CCOCC1)NCc1cc(Br)cs1. The van der Waals surface area contributed by atoms with Crippen molar-refractivity contribution in [3.63, 3.8) is 0 Å². The first kappa shape index (κ1) is 18.7. The van der Waals surface area contributed by atoms with E-state index in [1.165, 1.54) is 4.88 Å². The van der Waals surface area contributed by atoms with Crippen LogP contribution in [0, 0.1) is 5.92 Å². The summed E-state index contributed by atoms with van der Waals surface area (Å²) in [5.41, 5.74) is 0. The van der Waals surface area contributed by atoms with E-state index in [2.05, 4.69) is 43.0 Å². The van der Waals surface area contributed by atoms with E-state index in [1.807, 2.05) is 0 Å². The summed E-state index contributed by atoms with van der Waals surface area (Å²) >= 11 is 5.20. The van der Waals surface area contributed by atoms with Crippen molar-refractivity contribution in [2.45, 2.75) is 25.8 Å². The Hall–Kier alpha value is -0.630. The number of rotatable bonds is 8. The topological polar surface area (TPSA) is 54.9 Å². The van der Waals surface area contributed by atoms with Gasteiger partial charge >= 0.3 is 0 Å². The molecule has 0 unspecified atom stereocenters. The van der Waals surface area contributed by atoms with E-state index in [4.69, 9.17) is 9.47 Å². The summed E-state index contributed by atoms with van der Waals surface area (Å²) in [5.74, 6) is 1.51. The molecule has 0 amide bonds. The fourth-order valence-corrected chi connectivity index (χ4v) is 3.77. The van der Waals surface area contributed by atoms with Gasteiger partial charge in [-0.1, -0.05) is 0 Å². The van der Waals surface area contributed by atoms with Crippen molar-refractivity contribution in [2.75, 3.05) is 40.0 Å². The largest absolute Gasteiger partial charge is 0.381 e. The highest BCUT2D eigenvalue weighted by atomic mass is 79.9. The highest BCUT2D eigenvalue weighted by Crippen LogP contribution is 2.19. The second-order valence-corrected chi connectivity index (χ2v) is 7.48. The minimum absolute atomic E-state index is 0.677. The molecular weight excluding hydrogens is 378 g/mol. The first-order chi connectivity index (χ1) is 11.3. The molecule has 2 N–H and O–H groups in total. The third-order valence-corrected chi connectivity index (χ3v) is 5.43. The number of thiophene rings is 1. The van der Waals surface area contributed by atoms with E-state index in [9.17, 15) is 0 Å². The Bertz CT molecular complexity index is 476. The van der Waals surface area contributed by atoms with Crippen LogP contribution in [0.4, 0.5) is 0 Å². The molecule has 0 radical (unpaired) electrons. The van der Waals surface area contributed by atoms with Gasteiger partial charge in [0.05, 0.1) is 6.54 Å². The van der Waals surface area contributed by atoms with Crippen LogP contribution in [-0.4, -0.2) is 46.0 Å². The highest BCUT2D eigenvalue weighted by molar-refractivity contribution is 9.10. The van der Waals surface area contributed by atoms with Crippen molar-refractivity contribution in [1.82, 2.24) is 10.6 Å². The van der Waals surface area contributed by atoms with Crippen molar-refractivity contribution in [1.29, 1.82) is 0 Å². The number of aliphatic imine (C=N–C) groups is 1. The van der Waals surface area contributed by atoms with Crippen LogP contribution in [0.25, 0.3) is 0 Å². The molecule has 0 aliphatic carbocycles. The van der Waals surface area contributed by atoms with Crippen LogP contribution in [0.2, 0.25) is 0 Å². The lowest BCUT2D eigenvalue weighted by molar-refractivity contribution is 0.0203. The van der Waals surface area contributed by atoms with E-state index in [-0.39, 0.29) is 0 Å². The Balaban J connectivity index is 1.50. The summed E-state index contributed by atoms with van der Waals surface area (Å²) in [6.45, 7) is 5.08. The lowest BCUT2D eigenvalue weighted by Crippen LogP contribution is -2.37. The molecule has 2 heterocycles. The van der Waals surface area contributed by atoms with E-state index in [1.54, 1.807) is 18.4 Å². The lowest BCUT2D eigenvalue weighted by Gasteiger charge is -2.21. The Morgan fingerprint density at radius 3 is 2.96 bits per heavy atom. The molecule has 23 heavy (non-hydrogen) atoms. The number of hydrogen-bond donors (Lipinski definition) is 2. The molecule has 0 saturated carbocycles. The molecule has 1 saturated heterocycles. The van der Waals surface area contributed by atoms with E-state index >= 15 is 0 Å². The van der Waals surface area contributed by atoms with Crippen LogP contribution in [0.5, 0.6) is 0 Å². The summed E-state index contributed by atoms with van der Waals surface area (Å²) in [6.07, 6.45) is 3.25. The van der Waals surface area contributed by atoms with Crippen LogP contribution >= 0.6 is 27.3 Å². The fraction of sp³-hybridized carbons (Fsp3) is 0.688. The second kappa shape index (κ2) is 11.0. The molecule has 1 aliphatic heterocycles. The third-order valence-electron chi connectivity index (χ3n) is 3.73. The molecule has 2 rings (SSSR count). The molecule has 7 heteroatoms. The zero-order chi connectivity index (χ0) is 16.3. The quantitative estimate of drug-likeness (QED) is 0.397. The lowest BCUT2D eigenvalue weighted by atomic mass is 10.0. The molecule has 5 nitrogen and oxygen atoms in total. The zero-order valence-electron chi connectivity index (χ0n) is 13.6. The van der Waals surface area contributed by atoms with Crippen molar-refractivity contribution in [2.24, 2.45) is 10.9 Å². The van der Waals surface area contributed by atoms with Crippen molar-refractivity contribution < 1.29 is 9.47 Å². The van der Waals surface area contributed by atoms with Gasteiger partial charge in [0.2, 0.25) is 0 Å². The van der Waals surface area contributed by atoms with Crippen LogP contribution in [0.3, 0.4) is 0 Å². The number of hydrogen-bond acceptors (Lipinski definition) is 4. The number of nitrogens with one attached hydrogen (secondary N) is 2. The van der Waals surface area contributed by atoms with Crippen molar-refractivity contribution in [3.8, 4) is 0 Å². The van der Waals surface area contributed by atoms with Gasteiger partial charge in [-0.15, -0.1) is 11.3 Å². The summed E-state index contributed by atoms with van der Waals surface area (Å²) < 4.78 is 12.2. The molecule has 0 aromatic carbocycles. The standard InChI is InChI=1S/C16H26BrN3O2S/c1-18-16(20-10-15-9-14(17)12-23-15)19-5-2-6-22-11-13-3-7-21-8-4-13/h9,12-13H,2-8,10-11H2,1H3,(H2,18,19,20). The molecule has 0 spiro atoms. The zero-order valence-corrected chi connectivity index (χ0v) is 16.0. The summed E-state index contributed by atoms with van der Waals surface area (Å²) in [4.78, 5) is 5.51. The Labute approximate surface area is 151 Å². The highest BCUT2D eigenvalue weighted by Gasteiger charge is 2.13. The molecule has 0 atom stereocenters. The maximum atomic E-state index is 5.76. The number of ether oxygens (including phenoxy) is 2. The van der Waals surface area contributed by atoms with Gasteiger partial charge in [-0.3, -0.25) is 4.99 Å². The average molecular weight is 404 g/mol. The predicted octanol–water partition coefficient (Wildman–Crippen LogP) is 3.01. The molecule has 130 valence electrons. The second-order valence-electron chi connectivity index (χ2n) is 5.57. The fourth-order valence-electron chi connectivity index (χ4n) is 2.38. The van der Waals surface area contributed by atoms with Gasteiger partial charge in [-0.2, -0.15) is 0 Å². The summed E-state index contributed by atoms with van der Waals surface area (Å²) in [6, 6.07) is 2.12. The Kier molecular flexibility index (Phi) is 8.96. The summed E-state index contributed by atoms with van der Waals surface area (Å²) in [7, 11) is 1.79. The van der Waals surface area contributed by atoms with Gasteiger partial charge in [0.1, 0.15) is 0 Å². The monoisotopic (exact) mass is 403 g/mol. The number of halogens is 1. The molecule has 1 aliphatic rings. The van der Waals surface area contributed by atoms with Crippen LogP contribution in [-0.2, 0) is 16.0 Å². The van der Waals surface area contributed by atoms with E-state index in [0.717, 1.165) is 69.2 Å². The average Bonchev–Trinajstić information content (AvgIpc) is 3.00. The number of nitrogens with zero attached hydrogens (tertiary/aromatic N) is 1. The van der Waals surface area contributed by atoms with Crippen LogP contribution in [0.15, 0.2) is 20.9 Å². The maximum Gasteiger partial charge on any atom is 0.191 e. The normalized spacial score (nSPS) is 16.5. The van der Waals surface area contributed by atoms with Gasteiger partial charge in [-0.05, 0) is 47.2 Å². The minimum Gasteiger partial charge on any atom is -0.381 e. The first-order valence-electron chi connectivity index (χ1n) is 8.11. The van der Waals surface area contributed by atoms with E-state index < -0.39 is 0 Å². The first-order valence-corrected chi connectivity index (χ1v) is 9.78. The maximum absolute atomic E-state index is 5.76. The Morgan fingerprint density at radius 1 is 1.43 bits per heavy atom. The molecule has 1 fully saturated rings. The van der Waals surface area contributed by atoms with Crippen LogP contribution in [0.1, 0.15) is 24.1 Å². The summed E-state index contributed by atoms with van der Waals surface area (Å²) in [5, 5.41) is 8.72. The van der Waals surface area contributed by atoms with Crippen molar-refractivity contribution >= 4 is 33.2 Å². The van der Waals surface area contributed by atoms with Crippen LogP contribution < -0.4 is 10.6 Å². The molecule has 1 aromatic rings. The van der Waals surface area contributed by atoms with Gasteiger partial charge in [0.25, 0.3) is 0 Å². The van der Waals surface area contributed by atoms with Gasteiger partial charge < -0.3 is 20.1 Å². The number of guanidine groups is 1. The van der Waals surface area contributed by atoms with Gasteiger partial charge in [-0.25, -0.2) is 0 Å². The minimum atomic E-state index is 0.677. The smallest absolute Gasteiger partial charge is 0.191 e. The van der Waals surface area contributed by atoms with E-state index in [0.29, 0.717) is 5.92 Å². The molecule has 1 aromatic heterocycles.